The van der Waals surface area contributed by atoms with E-state index >= 15 is 0 Å². The first-order chi connectivity index (χ1) is 8.74. The van der Waals surface area contributed by atoms with Gasteiger partial charge in [0.25, 0.3) is 0 Å². The highest BCUT2D eigenvalue weighted by molar-refractivity contribution is 5.28. The van der Waals surface area contributed by atoms with E-state index in [0.29, 0.717) is 5.88 Å². The molecule has 1 N–H and O–H groups in total. The Morgan fingerprint density at radius 3 is 2.33 bits per heavy atom. The van der Waals surface area contributed by atoms with Gasteiger partial charge in [0.2, 0.25) is 5.88 Å². The molecule has 0 saturated carbocycles. The summed E-state index contributed by atoms with van der Waals surface area (Å²) in [5.74, 6) is 0.210. The maximum atomic E-state index is 12.9. The monoisotopic (exact) mass is 247 g/mol. The highest BCUT2D eigenvalue weighted by Gasteiger charge is 2.14. The van der Waals surface area contributed by atoms with Crippen molar-refractivity contribution in [2.24, 2.45) is 0 Å². The molecule has 0 bridgehead atoms. The summed E-state index contributed by atoms with van der Waals surface area (Å²) in [5, 5.41) is 11.1. The minimum atomic E-state index is -0.255. The van der Waals surface area contributed by atoms with E-state index in [0.717, 1.165) is 11.3 Å². The molecule has 0 aliphatic heterocycles. The average molecular weight is 247 g/mol. The molecule has 1 aromatic carbocycles. The van der Waals surface area contributed by atoms with Crippen LogP contribution in [0.15, 0.2) is 36.4 Å². The van der Waals surface area contributed by atoms with Crippen LogP contribution in [0.25, 0.3) is 0 Å². The van der Waals surface area contributed by atoms with Crippen LogP contribution in [0.3, 0.4) is 0 Å². The smallest absolute Gasteiger partial charge is 0.233 e. The van der Waals surface area contributed by atoms with E-state index in [1.54, 1.807) is 25.3 Å². The highest BCUT2D eigenvalue weighted by Crippen LogP contribution is 2.20. The highest BCUT2D eigenvalue weighted by atomic mass is 19.1. The normalized spacial score (nSPS) is 12.2. The maximum Gasteiger partial charge on any atom is 0.233 e. The van der Waals surface area contributed by atoms with Crippen molar-refractivity contribution < 1.29 is 9.13 Å². The van der Waals surface area contributed by atoms with Gasteiger partial charge in [0, 0.05) is 6.07 Å². The number of benzene rings is 1. The molecule has 0 fully saturated rings. The van der Waals surface area contributed by atoms with Gasteiger partial charge in [-0.3, -0.25) is 0 Å². The Bertz CT molecular complexity index is 499. The van der Waals surface area contributed by atoms with Crippen LogP contribution in [0.5, 0.6) is 5.88 Å². The molecule has 0 saturated heterocycles. The largest absolute Gasteiger partial charge is 0.480 e. The van der Waals surface area contributed by atoms with Gasteiger partial charge in [-0.15, -0.1) is 10.2 Å². The van der Waals surface area contributed by atoms with E-state index in [2.05, 4.69) is 15.5 Å². The number of aromatic nitrogens is 2. The molecule has 4 nitrogen and oxygen atoms in total. The molecule has 5 heteroatoms. The number of methoxy groups -OCH3 is 1. The average Bonchev–Trinajstić information content (AvgIpc) is 2.42. The van der Waals surface area contributed by atoms with Crippen molar-refractivity contribution in [3.05, 3.63) is 53.5 Å². The fourth-order valence-corrected chi connectivity index (χ4v) is 1.73. The third-order valence-electron chi connectivity index (χ3n) is 2.66. The van der Waals surface area contributed by atoms with Gasteiger partial charge >= 0.3 is 0 Å². The predicted molar refractivity (Wildman–Crippen MR) is 65.9 cm³/mol. The second-order valence-corrected chi connectivity index (χ2v) is 3.77. The third kappa shape index (κ3) is 2.62. The maximum absolute atomic E-state index is 12.9. The number of halogens is 1. The van der Waals surface area contributed by atoms with E-state index in [1.165, 1.54) is 12.1 Å². The van der Waals surface area contributed by atoms with Crippen LogP contribution in [0, 0.1) is 5.82 Å². The summed E-state index contributed by atoms with van der Waals surface area (Å²) in [5.41, 5.74) is 1.68. The molecule has 0 radical (unpaired) electrons. The summed E-state index contributed by atoms with van der Waals surface area (Å²) in [7, 11) is 3.36. The SMILES string of the molecule is CNC(c1ccc(F)cc1)c1ccc(OC)nn1. The van der Waals surface area contributed by atoms with Crippen LogP contribution in [0.1, 0.15) is 17.3 Å². The zero-order valence-corrected chi connectivity index (χ0v) is 10.2. The molecular weight excluding hydrogens is 233 g/mol. The molecule has 2 rings (SSSR count). The van der Waals surface area contributed by atoms with Gasteiger partial charge in [-0.1, -0.05) is 12.1 Å². The lowest BCUT2D eigenvalue weighted by Gasteiger charge is -2.15. The first kappa shape index (κ1) is 12.4. The minimum absolute atomic E-state index is 0.121. The fourth-order valence-electron chi connectivity index (χ4n) is 1.73. The molecule has 1 atom stereocenters. The Morgan fingerprint density at radius 1 is 1.11 bits per heavy atom. The zero-order chi connectivity index (χ0) is 13.0. The summed E-state index contributed by atoms with van der Waals surface area (Å²) in [4.78, 5) is 0. The molecule has 0 aliphatic carbocycles. The number of rotatable bonds is 4. The Morgan fingerprint density at radius 2 is 1.83 bits per heavy atom. The van der Waals surface area contributed by atoms with Crippen LogP contribution in [0.2, 0.25) is 0 Å². The first-order valence-corrected chi connectivity index (χ1v) is 5.55. The van der Waals surface area contributed by atoms with Gasteiger partial charge in [-0.25, -0.2) is 4.39 Å². The van der Waals surface area contributed by atoms with E-state index < -0.39 is 0 Å². The van der Waals surface area contributed by atoms with Crippen molar-refractivity contribution in [3.8, 4) is 5.88 Å². The topological polar surface area (TPSA) is 47.0 Å². The van der Waals surface area contributed by atoms with Crippen molar-refractivity contribution in [1.29, 1.82) is 0 Å². The van der Waals surface area contributed by atoms with Crippen molar-refractivity contribution in [2.75, 3.05) is 14.2 Å². The molecule has 0 spiro atoms. The molecule has 1 aromatic heterocycles. The van der Waals surface area contributed by atoms with E-state index in [1.807, 2.05) is 13.1 Å². The van der Waals surface area contributed by atoms with Crippen LogP contribution < -0.4 is 10.1 Å². The van der Waals surface area contributed by atoms with Crippen LogP contribution in [0.4, 0.5) is 4.39 Å². The van der Waals surface area contributed by atoms with Crippen molar-refractivity contribution in [1.82, 2.24) is 15.5 Å². The quantitative estimate of drug-likeness (QED) is 0.896. The predicted octanol–water partition coefficient (Wildman–Crippen LogP) is 1.93. The number of hydrogen-bond donors (Lipinski definition) is 1. The second-order valence-electron chi connectivity index (χ2n) is 3.77. The van der Waals surface area contributed by atoms with Crippen LogP contribution in [-0.4, -0.2) is 24.4 Å². The van der Waals surface area contributed by atoms with Crippen molar-refractivity contribution >= 4 is 0 Å². The molecule has 94 valence electrons. The lowest BCUT2D eigenvalue weighted by atomic mass is 10.0. The Hall–Kier alpha value is -2.01. The van der Waals surface area contributed by atoms with Gasteiger partial charge in [0.15, 0.2) is 0 Å². The molecule has 2 aromatic rings. The van der Waals surface area contributed by atoms with Gasteiger partial charge in [-0.05, 0) is 30.8 Å². The zero-order valence-electron chi connectivity index (χ0n) is 10.2. The summed E-state index contributed by atoms with van der Waals surface area (Å²) < 4.78 is 17.9. The Balaban J connectivity index is 2.29. The molecule has 18 heavy (non-hydrogen) atoms. The van der Waals surface area contributed by atoms with Gasteiger partial charge in [-0.2, -0.15) is 0 Å². The third-order valence-corrected chi connectivity index (χ3v) is 2.66. The first-order valence-electron chi connectivity index (χ1n) is 5.55. The van der Waals surface area contributed by atoms with E-state index in [-0.39, 0.29) is 11.9 Å². The van der Waals surface area contributed by atoms with Crippen molar-refractivity contribution in [3.63, 3.8) is 0 Å². The van der Waals surface area contributed by atoms with Gasteiger partial charge < -0.3 is 10.1 Å². The number of hydrogen-bond acceptors (Lipinski definition) is 4. The van der Waals surface area contributed by atoms with Crippen LogP contribution >= 0.6 is 0 Å². The Labute approximate surface area is 105 Å². The lowest BCUT2D eigenvalue weighted by molar-refractivity contribution is 0.390. The van der Waals surface area contributed by atoms with Gasteiger partial charge in [0.05, 0.1) is 18.8 Å². The lowest BCUT2D eigenvalue weighted by Crippen LogP contribution is -2.19. The fraction of sp³-hybridized carbons (Fsp3) is 0.231. The molecule has 1 unspecified atom stereocenters. The van der Waals surface area contributed by atoms with E-state index in [9.17, 15) is 4.39 Å². The summed E-state index contributed by atoms with van der Waals surface area (Å²) in [6, 6.07) is 9.76. The number of ether oxygens (including phenoxy) is 1. The second kappa shape index (κ2) is 5.55. The minimum Gasteiger partial charge on any atom is -0.480 e. The summed E-state index contributed by atoms with van der Waals surface area (Å²) in [6.07, 6.45) is 0. The van der Waals surface area contributed by atoms with Crippen LogP contribution in [-0.2, 0) is 0 Å². The molecule has 0 aliphatic rings. The summed E-state index contributed by atoms with van der Waals surface area (Å²) in [6.45, 7) is 0. The number of nitrogens with one attached hydrogen (secondary N) is 1. The Kier molecular flexibility index (Phi) is 3.84. The van der Waals surface area contributed by atoms with E-state index in [4.69, 9.17) is 4.74 Å². The summed E-state index contributed by atoms with van der Waals surface area (Å²) >= 11 is 0. The molecular formula is C13H14FN3O. The molecule has 1 heterocycles. The standard InChI is InChI=1S/C13H14FN3O/c1-15-13(9-3-5-10(14)6-4-9)11-7-8-12(18-2)17-16-11/h3-8,13,15H,1-2H3. The van der Waals surface area contributed by atoms with Crippen molar-refractivity contribution in [2.45, 2.75) is 6.04 Å². The number of nitrogens with zero attached hydrogens (tertiary/aromatic N) is 2. The van der Waals surface area contributed by atoms with Gasteiger partial charge in [0.1, 0.15) is 5.82 Å². The molecule has 0 amide bonds.